The van der Waals surface area contributed by atoms with Crippen molar-refractivity contribution in [3.63, 3.8) is 0 Å². The standard InChI is InChI=1S/C8H19BO2/c1-8(2,3)11-7-5-6-9(4)10/h10H,5-7H2,1-4H3. The van der Waals surface area contributed by atoms with E-state index in [-0.39, 0.29) is 12.5 Å². The second kappa shape index (κ2) is 4.78. The molecule has 0 saturated carbocycles. The molecule has 0 unspecified atom stereocenters. The molecule has 0 spiro atoms. The minimum Gasteiger partial charge on any atom is -0.451 e. The lowest BCUT2D eigenvalue weighted by Crippen LogP contribution is -2.20. The number of rotatable bonds is 4. The van der Waals surface area contributed by atoms with Crippen molar-refractivity contribution >= 4 is 6.92 Å². The van der Waals surface area contributed by atoms with Crippen LogP contribution in [0.5, 0.6) is 0 Å². The third-order valence-electron chi connectivity index (χ3n) is 1.30. The van der Waals surface area contributed by atoms with Gasteiger partial charge in [-0.15, -0.1) is 0 Å². The second-order valence-electron chi connectivity index (χ2n) is 3.95. The van der Waals surface area contributed by atoms with Gasteiger partial charge in [-0.25, -0.2) is 0 Å². The fourth-order valence-corrected chi connectivity index (χ4v) is 0.757. The van der Waals surface area contributed by atoms with Gasteiger partial charge in [-0.1, -0.05) is 6.82 Å². The molecule has 11 heavy (non-hydrogen) atoms. The monoisotopic (exact) mass is 158 g/mol. The summed E-state index contributed by atoms with van der Waals surface area (Å²) in [6, 6.07) is 0. The van der Waals surface area contributed by atoms with Crippen LogP contribution in [0.1, 0.15) is 27.2 Å². The fraction of sp³-hybridized carbons (Fsp3) is 1.00. The second-order valence-corrected chi connectivity index (χ2v) is 3.95. The molecule has 0 aliphatic heterocycles. The molecule has 0 aromatic heterocycles. The molecule has 2 nitrogen and oxygen atoms in total. The summed E-state index contributed by atoms with van der Waals surface area (Å²) in [5, 5.41) is 8.93. The van der Waals surface area contributed by atoms with Crippen molar-refractivity contribution in [1.82, 2.24) is 0 Å². The largest absolute Gasteiger partial charge is 0.451 e. The molecule has 0 saturated heterocycles. The van der Waals surface area contributed by atoms with Crippen LogP contribution in [0.4, 0.5) is 0 Å². The molecule has 0 amide bonds. The van der Waals surface area contributed by atoms with Gasteiger partial charge in [-0.2, -0.15) is 0 Å². The topological polar surface area (TPSA) is 29.5 Å². The lowest BCUT2D eigenvalue weighted by molar-refractivity contribution is -0.00255. The predicted octanol–water partition coefficient (Wildman–Crippen LogP) is 1.81. The molecule has 0 aliphatic carbocycles. The highest BCUT2D eigenvalue weighted by Crippen LogP contribution is 2.08. The normalized spacial score (nSPS) is 11.7. The van der Waals surface area contributed by atoms with E-state index < -0.39 is 0 Å². The van der Waals surface area contributed by atoms with Crippen molar-refractivity contribution in [2.24, 2.45) is 0 Å². The summed E-state index contributed by atoms with van der Waals surface area (Å²) in [5.41, 5.74) is -0.0430. The first-order chi connectivity index (χ1) is 4.92. The number of ether oxygens (including phenoxy) is 1. The van der Waals surface area contributed by atoms with Crippen molar-refractivity contribution in [3.8, 4) is 0 Å². The molecule has 0 atom stereocenters. The zero-order valence-corrected chi connectivity index (χ0v) is 8.05. The Morgan fingerprint density at radius 2 is 1.91 bits per heavy atom. The molecular weight excluding hydrogens is 139 g/mol. The summed E-state index contributed by atoms with van der Waals surface area (Å²) in [6.45, 7) is 8.46. The Morgan fingerprint density at radius 1 is 1.36 bits per heavy atom. The minimum atomic E-state index is -0.196. The summed E-state index contributed by atoms with van der Waals surface area (Å²) < 4.78 is 5.47. The average molecular weight is 158 g/mol. The quantitative estimate of drug-likeness (QED) is 0.499. The van der Waals surface area contributed by atoms with E-state index in [2.05, 4.69) is 0 Å². The molecule has 0 aromatic rings. The van der Waals surface area contributed by atoms with Crippen molar-refractivity contribution in [2.75, 3.05) is 6.61 Å². The van der Waals surface area contributed by atoms with E-state index in [1.807, 2.05) is 20.8 Å². The van der Waals surface area contributed by atoms with Gasteiger partial charge in [0.05, 0.1) is 5.60 Å². The Hall–Kier alpha value is -0.0151. The van der Waals surface area contributed by atoms with Crippen LogP contribution in [-0.2, 0) is 4.74 Å². The fourth-order valence-electron chi connectivity index (χ4n) is 0.757. The third kappa shape index (κ3) is 9.98. The average Bonchev–Trinajstić information content (AvgIpc) is 1.78. The van der Waals surface area contributed by atoms with Crippen LogP contribution < -0.4 is 0 Å². The van der Waals surface area contributed by atoms with Crippen LogP contribution in [0.25, 0.3) is 0 Å². The Labute approximate surface area is 70.1 Å². The highest BCUT2D eigenvalue weighted by atomic mass is 16.5. The van der Waals surface area contributed by atoms with Gasteiger partial charge in [-0.05, 0) is 33.5 Å². The van der Waals surface area contributed by atoms with Crippen LogP contribution in [0, 0.1) is 0 Å². The molecule has 3 heteroatoms. The SMILES string of the molecule is CB(O)CCCOC(C)(C)C. The van der Waals surface area contributed by atoms with E-state index in [0.29, 0.717) is 0 Å². The number of hydrogen-bond acceptors (Lipinski definition) is 2. The lowest BCUT2D eigenvalue weighted by Gasteiger charge is -2.19. The number of hydrogen-bond donors (Lipinski definition) is 1. The van der Waals surface area contributed by atoms with Gasteiger partial charge >= 0.3 is 0 Å². The maximum Gasteiger partial charge on any atom is 0.285 e. The molecule has 0 fully saturated rings. The molecular formula is C8H19BO2. The zero-order chi connectivity index (χ0) is 8.91. The van der Waals surface area contributed by atoms with Gasteiger partial charge in [0.1, 0.15) is 0 Å². The zero-order valence-electron chi connectivity index (χ0n) is 8.05. The van der Waals surface area contributed by atoms with Crippen molar-refractivity contribution < 1.29 is 9.76 Å². The van der Waals surface area contributed by atoms with Gasteiger partial charge in [0.2, 0.25) is 0 Å². The Bertz CT molecular complexity index is 96.8. The van der Waals surface area contributed by atoms with E-state index in [0.717, 1.165) is 19.3 Å². The Morgan fingerprint density at radius 3 is 2.27 bits per heavy atom. The Kier molecular flexibility index (Phi) is 4.77. The summed E-state index contributed by atoms with van der Waals surface area (Å²) in [6.07, 6.45) is 1.77. The maximum absolute atomic E-state index is 8.93. The third-order valence-corrected chi connectivity index (χ3v) is 1.30. The van der Waals surface area contributed by atoms with E-state index in [9.17, 15) is 0 Å². The van der Waals surface area contributed by atoms with Gasteiger partial charge < -0.3 is 9.76 Å². The molecule has 0 heterocycles. The van der Waals surface area contributed by atoms with Gasteiger partial charge in [0.15, 0.2) is 0 Å². The molecule has 1 N–H and O–H groups in total. The van der Waals surface area contributed by atoms with Crippen LogP contribution in [-0.4, -0.2) is 24.1 Å². The first-order valence-corrected chi connectivity index (χ1v) is 4.24. The van der Waals surface area contributed by atoms with Gasteiger partial charge in [-0.3, -0.25) is 0 Å². The van der Waals surface area contributed by atoms with Crippen LogP contribution in [0.2, 0.25) is 13.1 Å². The molecule has 0 aliphatic rings. The minimum absolute atomic E-state index is 0.0430. The van der Waals surface area contributed by atoms with E-state index in [1.54, 1.807) is 6.82 Å². The van der Waals surface area contributed by atoms with Gasteiger partial charge in [0.25, 0.3) is 6.92 Å². The molecule has 0 radical (unpaired) electrons. The lowest BCUT2D eigenvalue weighted by atomic mass is 9.67. The van der Waals surface area contributed by atoms with Crippen LogP contribution >= 0.6 is 0 Å². The summed E-state index contributed by atoms with van der Waals surface area (Å²) in [5.74, 6) is 0. The molecule has 66 valence electrons. The summed E-state index contributed by atoms with van der Waals surface area (Å²) in [7, 11) is 0. The van der Waals surface area contributed by atoms with Crippen molar-refractivity contribution in [3.05, 3.63) is 0 Å². The first-order valence-electron chi connectivity index (χ1n) is 4.24. The molecule has 0 aromatic carbocycles. The molecule has 0 rings (SSSR count). The summed E-state index contributed by atoms with van der Waals surface area (Å²) >= 11 is 0. The summed E-state index contributed by atoms with van der Waals surface area (Å²) in [4.78, 5) is 0. The highest BCUT2D eigenvalue weighted by molar-refractivity contribution is 6.48. The maximum atomic E-state index is 8.93. The molecule has 0 bridgehead atoms. The van der Waals surface area contributed by atoms with Crippen LogP contribution in [0.3, 0.4) is 0 Å². The first kappa shape index (κ1) is 11.0. The van der Waals surface area contributed by atoms with E-state index in [1.165, 1.54) is 0 Å². The smallest absolute Gasteiger partial charge is 0.285 e. The Balaban J connectivity index is 3.15. The van der Waals surface area contributed by atoms with E-state index >= 15 is 0 Å². The van der Waals surface area contributed by atoms with Crippen molar-refractivity contribution in [2.45, 2.75) is 45.9 Å². The van der Waals surface area contributed by atoms with Gasteiger partial charge in [0, 0.05) is 6.61 Å². The predicted molar refractivity (Wildman–Crippen MR) is 49.0 cm³/mol. The van der Waals surface area contributed by atoms with E-state index in [4.69, 9.17) is 9.76 Å². The van der Waals surface area contributed by atoms with Crippen molar-refractivity contribution in [1.29, 1.82) is 0 Å². The highest BCUT2D eigenvalue weighted by Gasteiger charge is 2.09. The van der Waals surface area contributed by atoms with Crippen LogP contribution in [0.15, 0.2) is 0 Å².